The van der Waals surface area contributed by atoms with Crippen LogP contribution in [0.4, 0.5) is 0 Å². The van der Waals surface area contributed by atoms with Crippen molar-refractivity contribution < 1.29 is 14.7 Å². The third-order valence-corrected chi connectivity index (χ3v) is 8.56. The van der Waals surface area contributed by atoms with Crippen LogP contribution in [0.2, 0.25) is 0 Å². The molecular formula is C31H47N5O3S. The first-order valence-corrected chi connectivity index (χ1v) is 15.4. The van der Waals surface area contributed by atoms with Gasteiger partial charge in [-0.15, -0.1) is 0 Å². The molecule has 0 bridgehead atoms. The molecule has 1 aromatic carbocycles. The maximum absolute atomic E-state index is 13.5. The molecule has 220 valence electrons. The first-order valence-electron chi connectivity index (χ1n) is 14.3. The largest absolute Gasteiger partial charge is 0.390 e. The number of aromatic nitrogens is 1. The number of nitrogens with one attached hydrogen (secondary N) is 3. The van der Waals surface area contributed by atoms with Crippen molar-refractivity contribution in [3.8, 4) is 0 Å². The molecule has 40 heavy (non-hydrogen) atoms. The maximum Gasteiger partial charge on any atom is 0.237 e. The van der Waals surface area contributed by atoms with Gasteiger partial charge in [0.15, 0.2) is 0 Å². The molecule has 0 aliphatic carbocycles. The summed E-state index contributed by atoms with van der Waals surface area (Å²) in [5, 5.41) is 15.0. The third kappa shape index (κ3) is 10.6. The molecule has 1 aliphatic rings. The topological polar surface area (TPSA) is 107 Å². The van der Waals surface area contributed by atoms with Gasteiger partial charge < -0.3 is 15.2 Å². The average molecular weight is 570 g/mol. The second-order valence-electron chi connectivity index (χ2n) is 12.1. The molecule has 2 heterocycles. The Hall–Kier alpha value is -2.30. The van der Waals surface area contributed by atoms with Gasteiger partial charge in [-0.05, 0) is 63.1 Å². The van der Waals surface area contributed by atoms with Crippen LogP contribution >= 0.6 is 11.8 Å². The number of β-amino-alcohol motifs (C(OH)–C–C–N with tert-alkyl or cyclic N) is 1. The summed E-state index contributed by atoms with van der Waals surface area (Å²) in [5.41, 5.74) is 8.29. The molecule has 0 spiro atoms. The van der Waals surface area contributed by atoms with Crippen molar-refractivity contribution in [2.75, 3.05) is 13.1 Å². The van der Waals surface area contributed by atoms with Crippen molar-refractivity contribution >= 4 is 24.0 Å². The van der Waals surface area contributed by atoms with Gasteiger partial charge in [0, 0.05) is 42.0 Å². The lowest BCUT2D eigenvalue weighted by Crippen LogP contribution is -2.60. The molecule has 9 heteroatoms. The third-order valence-electron chi connectivity index (χ3n) is 7.16. The first kappa shape index (κ1) is 32.2. The first-order chi connectivity index (χ1) is 19.1. The summed E-state index contributed by atoms with van der Waals surface area (Å²) >= 11 is 1.87. The zero-order valence-corrected chi connectivity index (χ0v) is 25.4. The van der Waals surface area contributed by atoms with Crippen LogP contribution in [0.5, 0.6) is 0 Å². The second kappa shape index (κ2) is 15.6. The molecule has 0 radical (unpaired) electrons. The molecule has 1 saturated heterocycles. The molecule has 0 saturated carbocycles. The average Bonchev–Trinajstić information content (AvgIpc) is 2.92. The van der Waals surface area contributed by atoms with Crippen molar-refractivity contribution in [3.05, 3.63) is 66.0 Å². The summed E-state index contributed by atoms with van der Waals surface area (Å²) in [7, 11) is 0. The van der Waals surface area contributed by atoms with Gasteiger partial charge in [-0.3, -0.25) is 20.1 Å². The fourth-order valence-electron chi connectivity index (χ4n) is 4.85. The van der Waals surface area contributed by atoms with Crippen LogP contribution in [0.3, 0.4) is 0 Å². The Bertz CT molecular complexity index is 1030. The van der Waals surface area contributed by atoms with Crippen LogP contribution in [-0.2, 0) is 21.8 Å². The summed E-state index contributed by atoms with van der Waals surface area (Å²) in [6.07, 6.45) is 6.03. The summed E-state index contributed by atoms with van der Waals surface area (Å²) in [4.78, 5) is 31.4. The van der Waals surface area contributed by atoms with Crippen molar-refractivity contribution in [1.29, 1.82) is 0 Å². The number of aliphatic hydroxyl groups is 1. The number of pyridine rings is 1. The number of aliphatic hydroxyl groups excluding tert-OH is 1. The van der Waals surface area contributed by atoms with Crippen molar-refractivity contribution in [3.63, 3.8) is 0 Å². The fourth-order valence-corrected chi connectivity index (χ4v) is 6.04. The highest BCUT2D eigenvalue weighted by atomic mass is 32.2. The van der Waals surface area contributed by atoms with Crippen LogP contribution in [0.1, 0.15) is 58.6 Å². The van der Waals surface area contributed by atoms with E-state index in [0.717, 1.165) is 37.0 Å². The van der Waals surface area contributed by atoms with Gasteiger partial charge in [-0.25, -0.2) is 5.43 Å². The van der Waals surface area contributed by atoms with E-state index < -0.39 is 6.10 Å². The Kier molecular flexibility index (Phi) is 12.6. The summed E-state index contributed by atoms with van der Waals surface area (Å²) in [5.74, 6) is 0.961. The quantitative estimate of drug-likeness (QED) is 0.203. The van der Waals surface area contributed by atoms with Crippen molar-refractivity contribution in [2.45, 2.75) is 94.7 Å². The molecule has 1 aromatic heterocycles. The number of thioether (sulfide) groups is 1. The number of rotatable bonds is 14. The summed E-state index contributed by atoms with van der Waals surface area (Å²) in [6.45, 7) is 11.0. The normalized spacial score (nSPS) is 20.6. The minimum atomic E-state index is -0.767. The highest BCUT2D eigenvalue weighted by molar-refractivity contribution is 7.99. The SMILES string of the molecule is CC(C)[C@@H](C=O)NNC(Cc1ccccc1)C(O)CN1CCC(SCc2cccnc2)CC1C(=O)NC(C)(C)C. The molecule has 4 unspecified atom stereocenters. The lowest BCUT2D eigenvalue weighted by atomic mass is 9.96. The van der Waals surface area contributed by atoms with Gasteiger partial charge in [0.1, 0.15) is 6.29 Å². The fraction of sp³-hybridized carbons (Fsp3) is 0.581. The number of carbonyl (C=O) groups is 2. The molecular weight excluding hydrogens is 522 g/mol. The number of aldehydes is 1. The van der Waals surface area contributed by atoms with E-state index in [-0.39, 0.29) is 35.5 Å². The van der Waals surface area contributed by atoms with E-state index in [1.165, 1.54) is 5.56 Å². The highest BCUT2D eigenvalue weighted by Gasteiger charge is 2.37. The van der Waals surface area contributed by atoms with Crippen molar-refractivity contribution in [2.24, 2.45) is 5.92 Å². The molecule has 2 aromatic rings. The second-order valence-corrected chi connectivity index (χ2v) is 13.4. The maximum atomic E-state index is 13.5. The number of hydrazine groups is 1. The Labute approximate surface area is 244 Å². The minimum absolute atomic E-state index is 0.00195. The predicted octanol–water partition coefficient (Wildman–Crippen LogP) is 3.35. The Morgan fingerprint density at radius 1 is 1.15 bits per heavy atom. The van der Waals surface area contributed by atoms with Gasteiger partial charge in [0.25, 0.3) is 0 Å². The van der Waals surface area contributed by atoms with Crippen LogP contribution in [0.15, 0.2) is 54.9 Å². The monoisotopic (exact) mass is 569 g/mol. The molecule has 1 fully saturated rings. The van der Waals surface area contributed by atoms with Gasteiger partial charge in [0.05, 0.1) is 24.2 Å². The van der Waals surface area contributed by atoms with E-state index >= 15 is 0 Å². The molecule has 1 aliphatic heterocycles. The van der Waals surface area contributed by atoms with E-state index in [9.17, 15) is 14.7 Å². The van der Waals surface area contributed by atoms with Gasteiger partial charge in [-0.1, -0.05) is 50.2 Å². The van der Waals surface area contributed by atoms with E-state index in [2.05, 4.69) is 32.1 Å². The van der Waals surface area contributed by atoms with Gasteiger partial charge in [0.2, 0.25) is 5.91 Å². The minimum Gasteiger partial charge on any atom is -0.390 e. The van der Waals surface area contributed by atoms with E-state index in [1.54, 1.807) is 6.20 Å². The molecule has 4 N–H and O–H groups in total. The Morgan fingerprint density at radius 3 is 2.50 bits per heavy atom. The molecule has 3 rings (SSSR count). The van der Waals surface area contributed by atoms with Gasteiger partial charge in [-0.2, -0.15) is 11.8 Å². The number of likely N-dealkylation sites (tertiary alicyclic amines) is 1. The van der Waals surface area contributed by atoms with Crippen LogP contribution in [0.25, 0.3) is 0 Å². The van der Waals surface area contributed by atoms with Crippen LogP contribution in [0, 0.1) is 5.92 Å². The van der Waals surface area contributed by atoms with Gasteiger partial charge >= 0.3 is 0 Å². The highest BCUT2D eigenvalue weighted by Crippen LogP contribution is 2.30. The Balaban J connectivity index is 1.72. The zero-order valence-electron chi connectivity index (χ0n) is 24.5. The Morgan fingerprint density at radius 2 is 1.88 bits per heavy atom. The standard InChI is InChI=1S/C31H47N5O3S/c1-22(2)27(20-37)35-34-26(16-23-10-7-6-8-11-23)29(38)19-36-15-13-25(40-21-24-12-9-14-32-18-24)17-28(36)30(39)33-31(3,4)5/h6-12,14,18,20,22,25-29,34-35,38H,13,15-17,19,21H2,1-5H3,(H,33,39)/t25?,26?,27-,28?,29?/m1/s1. The predicted molar refractivity (Wildman–Crippen MR) is 163 cm³/mol. The van der Waals surface area contributed by atoms with Crippen LogP contribution in [-0.4, -0.2) is 75.3 Å². The molecule has 8 nitrogen and oxygen atoms in total. The number of nitrogens with zero attached hydrogens (tertiary/aromatic N) is 2. The lowest BCUT2D eigenvalue weighted by Gasteiger charge is -2.41. The van der Waals surface area contributed by atoms with Crippen molar-refractivity contribution in [1.82, 2.24) is 26.1 Å². The number of carbonyl (C=O) groups excluding carboxylic acids is 2. The zero-order chi connectivity index (χ0) is 29.1. The van der Waals surface area contributed by atoms with E-state index in [0.29, 0.717) is 18.2 Å². The summed E-state index contributed by atoms with van der Waals surface area (Å²) < 4.78 is 0. The van der Waals surface area contributed by atoms with E-state index in [1.807, 2.05) is 89.0 Å². The van der Waals surface area contributed by atoms with Crippen LogP contribution < -0.4 is 16.2 Å². The number of amides is 1. The molecule has 1 amide bonds. The number of piperidine rings is 1. The number of hydrogen-bond donors (Lipinski definition) is 4. The summed E-state index contributed by atoms with van der Waals surface area (Å²) in [6, 6.07) is 13.0. The van der Waals surface area contributed by atoms with E-state index in [4.69, 9.17) is 0 Å². The lowest BCUT2D eigenvalue weighted by molar-refractivity contribution is -0.129. The molecule has 5 atom stereocenters. The number of hydrogen-bond acceptors (Lipinski definition) is 8. The number of benzene rings is 1. The smallest absolute Gasteiger partial charge is 0.237 e.